The van der Waals surface area contributed by atoms with Gasteiger partial charge in [0.1, 0.15) is 11.4 Å². The molecule has 21 heavy (non-hydrogen) atoms. The number of nitrogens with zero attached hydrogens (tertiary/aromatic N) is 1. The molecule has 0 fully saturated rings. The lowest BCUT2D eigenvalue weighted by Crippen LogP contribution is -2.49. The number of hydrogen-bond acceptors (Lipinski definition) is 6. The van der Waals surface area contributed by atoms with E-state index in [-0.39, 0.29) is 0 Å². The Labute approximate surface area is 126 Å². The fourth-order valence-corrected chi connectivity index (χ4v) is 1.23. The number of benzene rings is 1. The Balaban J connectivity index is 0.000000885. The second kappa shape index (κ2) is 7.65. The van der Waals surface area contributed by atoms with Gasteiger partial charge in [-0.1, -0.05) is 0 Å². The second-order valence-corrected chi connectivity index (χ2v) is 5.91. The SMILES string of the molecule is CN(C)c1ccc(OC(C)(C)C(C)(C)O)cc1.OB(O)O. The molecule has 7 heteroatoms. The third kappa shape index (κ3) is 7.33. The van der Waals surface area contributed by atoms with Crippen LogP contribution >= 0.6 is 0 Å². The minimum absolute atomic E-state index is 0.632. The van der Waals surface area contributed by atoms with Crippen LogP contribution in [-0.2, 0) is 0 Å². The first-order valence-corrected chi connectivity index (χ1v) is 6.60. The standard InChI is InChI=1S/C14H23NO2.BH3O3/c1-13(2,16)14(3,4)17-12-9-7-11(8-10-12)15(5)6;2-1(3)4/h7-10,16H,1-6H3;2-4H. The minimum atomic E-state index is -2.17. The molecule has 0 atom stereocenters. The van der Waals surface area contributed by atoms with Gasteiger partial charge < -0.3 is 29.8 Å². The average molecular weight is 299 g/mol. The number of aliphatic hydroxyl groups is 1. The number of ether oxygens (including phenoxy) is 1. The van der Waals surface area contributed by atoms with Crippen molar-refractivity contribution in [2.75, 3.05) is 19.0 Å². The highest BCUT2D eigenvalue weighted by Crippen LogP contribution is 2.28. The lowest BCUT2D eigenvalue weighted by atomic mass is 9.89. The highest BCUT2D eigenvalue weighted by molar-refractivity contribution is 6.30. The summed E-state index contributed by atoms with van der Waals surface area (Å²) >= 11 is 0. The van der Waals surface area contributed by atoms with Crippen LogP contribution in [0.4, 0.5) is 5.69 Å². The van der Waals surface area contributed by atoms with Crippen LogP contribution in [0.3, 0.4) is 0 Å². The van der Waals surface area contributed by atoms with Crippen LogP contribution in [0.15, 0.2) is 24.3 Å². The molecule has 120 valence electrons. The summed E-state index contributed by atoms with van der Waals surface area (Å²) in [5.41, 5.74) is -0.404. The molecular weight excluding hydrogens is 273 g/mol. The van der Waals surface area contributed by atoms with Crippen LogP contribution in [0, 0.1) is 0 Å². The molecule has 0 unspecified atom stereocenters. The van der Waals surface area contributed by atoms with Crippen molar-refractivity contribution in [3.05, 3.63) is 24.3 Å². The van der Waals surface area contributed by atoms with Gasteiger partial charge >= 0.3 is 7.32 Å². The summed E-state index contributed by atoms with van der Waals surface area (Å²) in [6.45, 7) is 7.27. The summed E-state index contributed by atoms with van der Waals surface area (Å²) < 4.78 is 5.83. The maximum absolute atomic E-state index is 10.0. The largest absolute Gasteiger partial charge is 0.631 e. The molecule has 0 radical (unpaired) electrons. The summed E-state index contributed by atoms with van der Waals surface area (Å²) in [6.07, 6.45) is 0. The van der Waals surface area contributed by atoms with E-state index < -0.39 is 18.5 Å². The van der Waals surface area contributed by atoms with Gasteiger partial charge in [0.2, 0.25) is 0 Å². The van der Waals surface area contributed by atoms with Gasteiger partial charge in [0.25, 0.3) is 0 Å². The van der Waals surface area contributed by atoms with Crippen LogP contribution in [-0.4, -0.2) is 52.8 Å². The monoisotopic (exact) mass is 299 g/mol. The van der Waals surface area contributed by atoms with E-state index in [0.717, 1.165) is 11.4 Å². The van der Waals surface area contributed by atoms with Crippen molar-refractivity contribution in [3.8, 4) is 5.75 Å². The van der Waals surface area contributed by atoms with E-state index in [1.54, 1.807) is 13.8 Å². The highest BCUT2D eigenvalue weighted by atomic mass is 16.5. The Kier molecular flexibility index (Phi) is 7.19. The van der Waals surface area contributed by atoms with Gasteiger partial charge in [-0.25, -0.2) is 0 Å². The van der Waals surface area contributed by atoms with Crippen LogP contribution in [0.1, 0.15) is 27.7 Å². The zero-order chi connectivity index (χ0) is 16.8. The van der Waals surface area contributed by atoms with E-state index in [0.29, 0.717) is 0 Å². The van der Waals surface area contributed by atoms with Gasteiger partial charge in [0.05, 0.1) is 5.60 Å². The van der Waals surface area contributed by atoms with Crippen LogP contribution in [0.25, 0.3) is 0 Å². The van der Waals surface area contributed by atoms with E-state index in [1.165, 1.54) is 0 Å². The Morgan fingerprint density at radius 3 is 1.62 bits per heavy atom. The average Bonchev–Trinajstić information content (AvgIpc) is 2.26. The molecule has 1 aromatic carbocycles. The Hall–Kier alpha value is -1.28. The fourth-order valence-electron chi connectivity index (χ4n) is 1.23. The van der Waals surface area contributed by atoms with Gasteiger partial charge in [-0.3, -0.25) is 0 Å². The topological polar surface area (TPSA) is 93.4 Å². The summed E-state index contributed by atoms with van der Waals surface area (Å²) in [4.78, 5) is 2.03. The van der Waals surface area contributed by atoms with Gasteiger partial charge in [-0.05, 0) is 52.0 Å². The first-order chi connectivity index (χ1) is 9.36. The van der Waals surface area contributed by atoms with Crippen molar-refractivity contribution in [2.45, 2.75) is 38.9 Å². The molecule has 0 spiro atoms. The fraction of sp³-hybridized carbons (Fsp3) is 0.571. The maximum Gasteiger partial charge on any atom is 0.631 e. The van der Waals surface area contributed by atoms with Gasteiger partial charge in [-0.2, -0.15) is 0 Å². The lowest BCUT2D eigenvalue weighted by Gasteiger charge is -2.37. The van der Waals surface area contributed by atoms with E-state index in [4.69, 9.17) is 19.8 Å². The molecule has 0 aromatic heterocycles. The normalized spacial score (nSPS) is 11.3. The number of anilines is 1. The summed E-state index contributed by atoms with van der Waals surface area (Å²) in [5, 5.41) is 31.5. The smallest absolute Gasteiger partial charge is 0.485 e. The zero-order valence-electron chi connectivity index (χ0n) is 13.5. The number of rotatable bonds is 4. The quantitative estimate of drug-likeness (QED) is 0.609. The van der Waals surface area contributed by atoms with E-state index in [2.05, 4.69) is 0 Å². The predicted molar refractivity (Wildman–Crippen MR) is 84.2 cm³/mol. The molecule has 0 amide bonds. The summed E-state index contributed by atoms with van der Waals surface area (Å²) in [7, 11) is 1.83. The van der Waals surface area contributed by atoms with Gasteiger partial charge in [0, 0.05) is 19.8 Å². The first-order valence-electron chi connectivity index (χ1n) is 6.60. The van der Waals surface area contributed by atoms with Crippen molar-refractivity contribution in [3.63, 3.8) is 0 Å². The summed E-state index contributed by atoms with van der Waals surface area (Å²) in [6, 6.07) is 7.83. The van der Waals surface area contributed by atoms with Crippen molar-refractivity contribution in [2.24, 2.45) is 0 Å². The van der Waals surface area contributed by atoms with Crippen molar-refractivity contribution >= 4 is 13.0 Å². The molecule has 0 saturated heterocycles. The van der Waals surface area contributed by atoms with Crippen LogP contribution in [0.5, 0.6) is 5.75 Å². The molecule has 1 aromatic rings. The van der Waals surface area contributed by atoms with E-state index >= 15 is 0 Å². The number of hydrogen-bond donors (Lipinski definition) is 4. The van der Waals surface area contributed by atoms with E-state index in [9.17, 15) is 5.11 Å². The Morgan fingerprint density at radius 2 is 1.33 bits per heavy atom. The second-order valence-electron chi connectivity index (χ2n) is 5.91. The van der Waals surface area contributed by atoms with Crippen LogP contribution < -0.4 is 9.64 Å². The predicted octanol–water partition coefficient (Wildman–Crippen LogP) is 0.629. The Bertz CT molecular complexity index is 410. The molecule has 6 nitrogen and oxygen atoms in total. The molecule has 0 aliphatic carbocycles. The highest BCUT2D eigenvalue weighted by Gasteiger charge is 2.37. The molecule has 0 aliphatic heterocycles. The molecule has 0 bridgehead atoms. The van der Waals surface area contributed by atoms with Crippen molar-refractivity contribution < 1.29 is 24.9 Å². The van der Waals surface area contributed by atoms with Crippen molar-refractivity contribution in [1.29, 1.82) is 0 Å². The van der Waals surface area contributed by atoms with Gasteiger partial charge in [-0.15, -0.1) is 0 Å². The molecule has 0 heterocycles. The van der Waals surface area contributed by atoms with Crippen LogP contribution in [0.2, 0.25) is 0 Å². The lowest BCUT2D eigenvalue weighted by molar-refractivity contribution is -0.0906. The molecule has 0 aliphatic rings. The first kappa shape index (κ1) is 19.7. The molecule has 4 N–H and O–H groups in total. The molecule has 1 rings (SSSR count). The van der Waals surface area contributed by atoms with E-state index in [1.807, 2.05) is 57.1 Å². The third-order valence-corrected chi connectivity index (χ3v) is 3.20. The maximum atomic E-state index is 10.0. The van der Waals surface area contributed by atoms with Crippen molar-refractivity contribution in [1.82, 2.24) is 0 Å². The third-order valence-electron chi connectivity index (χ3n) is 3.20. The minimum Gasteiger partial charge on any atom is -0.485 e. The zero-order valence-corrected chi connectivity index (χ0v) is 13.5. The molecular formula is C14H26BNO5. The summed E-state index contributed by atoms with van der Waals surface area (Å²) in [5.74, 6) is 0.766. The Morgan fingerprint density at radius 1 is 0.952 bits per heavy atom. The van der Waals surface area contributed by atoms with Gasteiger partial charge in [0.15, 0.2) is 0 Å². The molecule has 0 saturated carbocycles.